The van der Waals surface area contributed by atoms with E-state index in [-0.39, 0.29) is 0 Å². The standard InChI is InChI=1S/C14H17NO2/c16-12(10-15-7-3-4-8-15)14-9-11-5-1-2-6-13(11)17-14/h1-2,5-6,9,12,16H,3-4,7-8,10H2. The molecule has 1 aromatic heterocycles. The van der Waals surface area contributed by atoms with E-state index in [9.17, 15) is 5.11 Å². The van der Waals surface area contributed by atoms with Crippen molar-refractivity contribution in [3.05, 3.63) is 36.1 Å². The number of benzene rings is 1. The molecule has 0 bridgehead atoms. The van der Waals surface area contributed by atoms with Crippen molar-refractivity contribution in [2.45, 2.75) is 18.9 Å². The number of rotatable bonds is 3. The van der Waals surface area contributed by atoms with Gasteiger partial charge in [0.1, 0.15) is 17.4 Å². The molecule has 3 nitrogen and oxygen atoms in total. The minimum absolute atomic E-state index is 0.513. The summed E-state index contributed by atoms with van der Waals surface area (Å²) in [4.78, 5) is 2.29. The Morgan fingerprint density at radius 1 is 1.24 bits per heavy atom. The topological polar surface area (TPSA) is 36.6 Å². The van der Waals surface area contributed by atoms with Crippen molar-refractivity contribution < 1.29 is 9.52 Å². The van der Waals surface area contributed by atoms with Gasteiger partial charge in [-0.2, -0.15) is 0 Å². The number of fused-ring (bicyclic) bond motifs is 1. The molecule has 0 spiro atoms. The van der Waals surface area contributed by atoms with Crippen LogP contribution in [0.1, 0.15) is 24.7 Å². The lowest BCUT2D eigenvalue weighted by Gasteiger charge is -2.17. The lowest BCUT2D eigenvalue weighted by molar-refractivity contribution is 0.107. The molecule has 1 saturated heterocycles. The van der Waals surface area contributed by atoms with Crippen molar-refractivity contribution in [1.29, 1.82) is 0 Å². The number of likely N-dealkylation sites (tertiary alicyclic amines) is 1. The van der Waals surface area contributed by atoms with Gasteiger partial charge in [0, 0.05) is 11.9 Å². The minimum atomic E-state index is -0.513. The number of nitrogens with zero attached hydrogens (tertiary/aromatic N) is 1. The van der Waals surface area contributed by atoms with Crippen LogP contribution in [0.15, 0.2) is 34.7 Å². The van der Waals surface area contributed by atoms with Crippen LogP contribution in [0.5, 0.6) is 0 Å². The van der Waals surface area contributed by atoms with Gasteiger partial charge in [0.15, 0.2) is 0 Å². The molecule has 2 heterocycles. The average molecular weight is 231 g/mol. The van der Waals surface area contributed by atoms with E-state index in [0.717, 1.165) is 24.1 Å². The number of aliphatic hydroxyl groups is 1. The fraction of sp³-hybridized carbons (Fsp3) is 0.429. The van der Waals surface area contributed by atoms with Crippen LogP contribution >= 0.6 is 0 Å². The molecule has 1 atom stereocenters. The lowest BCUT2D eigenvalue weighted by atomic mass is 10.2. The van der Waals surface area contributed by atoms with E-state index < -0.39 is 6.10 Å². The van der Waals surface area contributed by atoms with Crippen LogP contribution in [-0.2, 0) is 0 Å². The summed E-state index contributed by atoms with van der Waals surface area (Å²) in [6, 6.07) is 9.80. The monoisotopic (exact) mass is 231 g/mol. The quantitative estimate of drug-likeness (QED) is 0.882. The highest BCUT2D eigenvalue weighted by molar-refractivity contribution is 5.77. The van der Waals surface area contributed by atoms with Crippen molar-refractivity contribution in [2.75, 3.05) is 19.6 Å². The van der Waals surface area contributed by atoms with Crippen LogP contribution in [-0.4, -0.2) is 29.6 Å². The summed E-state index contributed by atoms with van der Waals surface area (Å²) in [6.45, 7) is 2.87. The molecule has 90 valence electrons. The Labute approximate surface area is 101 Å². The summed E-state index contributed by atoms with van der Waals surface area (Å²) in [6.07, 6.45) is 1.97. The molecule has 0 saturated carbocycles. The van der Waals surface area contributed by atoms with Crippen molar-refractivity contribution in [1.82, 2.24) is 4.90 Å². The first-order chi connectivity index (χ1) is 8.33. The van der Waals surface area contributed by atoms with E-state index in [1.807, 2.05) is 30.3 Å². The van der Waals surface area contributed by atoms with E-state index in [0.29, 0.717) is 12.3 Å². The van der Waals surface area contributed by atoms with E-state index in [2.05, 4.69) is 4.90 Å². The highest BCUT2D eigenvalue weighted by Gasteiger charge is 2.19. The second-order valence-corrected chi connectivity index (χ2v) is 4.71. The first-order valence-electron chi connectivity index (χ1n) is 6.22. The molecule has 1 N–H and O–H groups in total. The highest BCUT2D eigenvalue weighted by Crippen LogP contribution is 2.25. The summed E-state index contributed by atoms with van der Waals surface area (Å²) in [5.41, 5.74) is 0.850. The van der Waals surface area contributed by atoms with Crippen LogP contribution in [0.25, 0.3) is 11.0 Å². The fourth-order valence-corrected chi connectivity index (χ4v) is 2.47. The summed E-state index contributed by atoms with van der Waals surface area (Å²) >= 11 is 0. The number of hydrogen-bond donors (Lipinski definition) is 1. The Balaban J connectivity index is 1.77. The van der Waals surface area contributed by atoms with Crippen LogP contribution < -0.4 is 0 Å². The zero-order valence-electron chi connectivity index (χ0n) is 9.80. The molecule has 1 aliphatic rings. The first-order valence-corrected chi connectivity index (χ1v) is 6.22. The van der Waals surface area contributed by atoms with Crippen LogP contribution in [0.2, 0.25) is 0 Å². The van der Waals surface area contributed by atoms with E-state index >= 15 is 0 Å². The molecule has 2 aromatic rings. The summed E-state index contributed by atoms with van der Waals surface area (Å²) in [5, 5.41) is 11.2. The Bertz CT molecular complexity index is 467. The van der Waals surface area contributed by atoms with E-state index in [1.165, 1.54) is 12.8 Å². The number of hydrogen-bond acceptors (Lipinski definition) is 3. The van der Waals surface area contributed by atoms with Gasteiger partial charge in [0.25, 0.3) is 0 Å². The number of β-amino-alcohol motifs (C(OH)–C–C–N with tert-alkyl or cyclic N) is 1. The second kappa shape index (κ2) is 4.51. The van der Waals surface area contributed by atoms with E-state index in [4.69, 9.17) is 4.42 Å². The largest absolute Gasteiger partial charge is 0.458 e. The molecule has 0 radical (unpaired) electrons. The van der Waals surface area contributed by atoms with Crippen molar-refractivity contribution in [3.63, 3.8) is 0 Å². The maximum Gasteiger partial charge on any atom is 0.135 e. The van der Waals surface area contributed by atoms with Gasteiger partial charge in [0.2, 0.25) is 0 Å². The lowest BCUT2D eigenvalue weighted by Crippen LogP contribution is -2.25. The fourth-order valence-electron chi connectivity index (χ4n) is 2.47. The van der Waals surface area contributed by atoms with Gasteiger partial charge in [-0.3, -0.25) is 0 Å². The average Bonchev–Trinajstić information content (AvgIpc) is 2.96. The third kappa shape index (κ3) is 2.21. The molecule has 1 fully saturated rings. The first kappa shape index (κ1) is 10.8. The van der Waals surface area contributed by atoms with Crippen molar-refractivity contribution in [2.24, 2.45) is 0 Å². The van der Waals surface area contributed by atoms with Crippen molar-refractivity contribution >= 4 is 11.0 Å². The molecule has 1 aromatic carbocycles. The molecular weight excluding hydrogens is 214 g/mol. The zero-order valence-corrected chi connectivity index (χ0v) is 9.80. The molecule has 3 rings (SSSR count). The Morgan fingerprint density at radius 2 is 2.00 bits per heavy atom. The van der Waals surface area contributed by atoms with Gasteiger partial charge in [-0.15, -0.1) is 0 Å². The van der Waals surface area contributed by atoms with E-state index in [1.54, 1.807) is 0 Å². The van der Waals surface area contributed by atoms with Gasteiger partial charge in [-0.25, -0.2) is 0 Å². The van der Waals surface area contributed by atoms with Crippen LogP contribution in [0.4, 0.5) is 0 Å². The maximum atomic E-state index is 10.1. The maximum absolute atomic E-state index is 10.1. The SMILES string of the molecule is OC(CN1CCCC1)c1cc2ccccc2o1. The molecule has 1 aliphatic heterocycles. The second-order valence-electron chi connectivity index (χ2n) is 4.71. The molecule has 17 heavy (non-hydrogen) atoms. The predicted octanol–water partition coefficient (Wildman–Crippen LogP) is 2.56. The minimum Gasteiger partial charge on any atom is -0.458 e. The van der Waals surface area contributed by atoms with Gasteiger partial charge in [-0.1, -0.05) is 18.2 Å². The van der Waals surface area contributed by atoms with Crippen LogP contribution in [0.3, 0.4) is 0 Å². The molecular formula is C14H17NO2. The zero-order chi connectivity index (χ0) is 11.7. The van der Waals surface area contributed by atoms with Crippen LogP contribution in [0, 0.1) is 0 Å². The molecule has 3 heteroatoms. The Kier molecular flexibility index (Phi) is 2.87. The Hall–Kier alpha value is -1.32. The smallest absolute Gasteiger partial charge is 0.135 e. The van der Waals surface area contributed by atoms with Gasteiger partial charge >= 0.3 is 0 Å². The van der Waals surface area contributed by atoms with Gasteiger partial charge in [-0.05, 0) is 38.1 Å². The Morgan fingerprint density at radius 3 is 2.76 bits per heavy atom. The van der Waals surface area contributed by atoms with Gasteiger partial charge in [0.05, 0.1) is 0 Å². The molecule has 1 unspecified atom stereocenters. The third-order valence-electron chi connectivity index (χ3n) is 3.40. The molecule has 0 amide bonds. The van der Waals surface area contributed by atoms with Crippen molar-refractivity contribution in [3.8, 4) is 0 Å². The van der Waals surface area contributed by atoms with Gasteiger partial charge < -0.3 is 14.4 Å². The summed E-state index contributed by atoms with van der Waals surface area (Å²) in [5.74, 6) is 0.679. The molecule has 0 aliphatic carbocycles. The number of para-hydroxylation sites is 1. The predicted molar refractivity (Wildman–Crippen MR) is 66.8 cm³/mol. The number of furan rings is 1. The third-order valence-corrected chi connectivity index (χ3v) is 3.40. The highest BCUT2D eigenvalue weighted by atomic mass is 16.4. The summed E-state index contributed by atoms with van der Waals surface area (Å²) in [7, 11) is 0. The number of aliphatic hydroxyl groups excluding tert-OH is 1. The summed E-state index contributed by atoms with van der Waals surface area (Å²) < 4.78 is 5.66. The normalized spacial score (nSPS) is 18.9.